The number of rotatable bonds is 4. The van der Waals surface area contributed by atoms with Gasteiger partial charge in [-0.15, -0.1) is 0 Å². The molecule has 5 heteroatoms. The number of amides is 1. The van der Waals surface area contributed by atoms with Crippen LogP contribution in [0.15, 0.2) is 36.7 Å². The predicted molar refractivity (Wildman–Crippen MR) is 84.6 cm³/mol. The highest BCUT2D eigenvalue weighted by Gasteiger charge is 2.23. The number of methoxy groups -OCH3 is 1. The monoisotopic (exact) mass is 297 g/mol. The lowest BCUT2D eigenvalue weighted by Crippen LogP contribution is -2.21. The van der Waals surface area contributed by atoms with Gasteiger partial charge in [-0.2, -0.15) is 0 Å². The maximum Gasteiger partial charge on any atom is 0.228 e. The Bertz CT molecular complexity index is 666. The lowest BCUT2D eigenvalue weighted by Gasteiger charge is -2.11. The topological polar surface area (TPSA) is 64.1 Å². The van der Waals surface area contributed by atoms with Gasteiger partial charge >= 0.3 is 0 Å². The van der Waals surface area contributed by atoms with Crippen molar-refractivity contribution in [3.63, 3.8) is 0 Å². The summed E-state index contributed by atoms with van der Waals surface area (Å²) in [4.78, 5) is 20.6. The zero-order valence-corrected chi connectivity index (χ0v) is 12.6. The van der Waals surface area contributed by atoms with E-state index in [-0.39, 0.29) is 11.8 Å². The van der Waals surface area contributed by atoms with Crippen molar-refractivity contribution in [2.75, 3.05) is 12.4 Å². The maximum absolute atomic E-state index is 12.2. The van der Waals surface area contributed by atoms with E-state index in [0.29, 0.717) is 5.82 Å². The number of anilines is 1. The van der Waals surface area contributed by atoms with Crippen LogP contribution in [-0.2, 0) is 4.79 Å². The minimum atomic E-state index is 0.0576. The van der Waals surface area contributed by atoms with E-state index in [1.165, 1.54) is 6.33 Å². The van der Waals surface area contributed by atoms with Gasteiger partial charge in [0.25, 0.3) is 0 Å². The molecule has 22 heavy (non-hydrogen) atoms. The van der Waals surface area contributed by atoms with Crippen LogP contribution in [0.1, 0.15) is 25.7 Å². The molecule has 0 radical (unpaired) electrons. The molecule has 1 N–H and O–H groups in total. The van der Waals surface area contributed by atoms with Gasteiger partial charge in [0.15, 0.2) is 0 Å². The van der Waals surface area contributed by atoms with E-state index in [9.17, 15) is 4.79 Å². The number of ether oxygens (including phenoxy) is 1. The Balaban J connectivity index is 1.81. The van der Waals surface area contributed by atoms with Crippen LogP contribution in [0.2, 0.25) is 0 Å². The first-order valence-corrected chi connectivity index (χ1v) is 7.54. The van der Waals surface area contributed by atoms with Gasteiger partial charge in [-0.05, 0) is 25.0 Å². The number of nitrogens with zero attached hydrogens (tertiary/aromatic N) is 2. The van der Waals surface area contributed by atoms with Gasteiger partial charge in [0.05, 0.1) is 12.8 Å². The van der Waals surface area contributed by atoms with Crippen LogP contribution < -0.4 is 10.1 Å². The van der Waals surface area contributed by atoms with E-state index in [0.717, 1.165) is 42.7 Å². The molecule has 114 valence electrons. The number of hydrogen-bond donors (Lipinski definition) is 1. The molecule has 1 aliphatic carbocycles. The van der Waals surface area contributed by atoms with Crippen LogP contribution in [0.5, 0.6) is 5.75 Å². The summed E-state index contributed by atoms with van der Waals surface area (Å²) in [7, 11) is 1.63. The quantitative estimate of drug-likeness (QED) is 0.940. The smallest absolute Gasteiger partial charge is 0.228 e. The zero-order chi connectivity index (χ0) is 15.4. The lowest BCUT2D eigenvalue weighted by atomic mass is 10.1. The molecule has 0 spiro atoms. The molecule has 0 atom stereocenters. The second-order valence-electron chi connectivity index (χ2n) is 5.46. The Morgan fingerprint density at radius 1 is 1.23 bits per heavy atom. The van der Waals surface area contributed by atoms with E-state index in [1.54, 1.807) is 13.2 Å². The number of nitrogens with one attached hydrogen (secondary N) is 1. The Kier molecular flexibility index (Phi) is 4.32. The fourth-order valence-electron chi connectivity index (χ4n) is 2.85. The standard InChI is InChI=1S/C17H19N3O2/c1-22-15-9-5-4-8-13(15)14-10-16(19-11-18-14)20-17(21)12-6-2-3-7-12/h4-5,8-12H,2-3,6-7H2,1H3,(H,18,19,20,21). The number of carbonyl (C=O) groups excluding carboxylic acids is 1. The van der Waals surface area contributed by atoms with Crippen molar-refractivity contribution in [1.82, 2.24) is 9.97 Å². The molecule has 1 saturated carbocycles. The third-order valence-electron chi connectivity index (χ3n) is 4.03. The van der Waals surface area contributed by atoms with Crippen LogP contribution >= 0.6 is 0 Å². The largest absolute Gasteiger partial charge is 0.496 e. The molecule has 1 aromatic carbocycles. The van der Waals surface area contributed by atoms with Crippen molar-refractivity contribution < 1.29 is 9.53 Å². The van der Waals surface area contributed by atoms with Gasteiger partial charge in [0.1, 0.15) is 17.9 Å². The number of hydrogen-bond acceptors (Lipinski definition) is 4. The van der Waals surface area contributed by atoms with Gasteiger partial charge < -0.3 is 10.1 Å². The molecule has 1 aromatic heterocycles. The van der Waals surface area contributed by atoms with E-state index in [1.807, 2.05) is 24.3 Å². The Morgan fingerprint density at radius 3 is 2.77 bits per heavy atom. The SMILES string of the molecule is COc1ccccc1-c1cc(NC(=O)C2CCCC2)ncn1. The normalized spacial score (nSPS) is 14.8. The van der Waals surface area contributed by atoms with Crippen LogP contribution in [0, 0.1) is 5.92 Å². The highest BCUT2D eigenvalue weighted by molar-refractivity contribution is 5.92. The van der Waals surface area contributed by atoms with Crippen molar-refractivity contribution in [2.24, 2.45) is 5.92 Å². The van der Waals surface area contributed by atoms with E-state index < -0.39 is 0 Å². The molecule has 5 nitrogen and oxygen atoms in total. The Morgan fingerprint density at radius 2 is 2.00 bits per heavy atom. The minimum absolute atomic E-state index is 0.0576. The number of aromatic nitrogens is 2. The molecular weight excluding hydrogens is 278 g/mol. The molecule has 0 unspecified atom stereocenters. The number of benzene rings is 1. The van der Waals surface area contributed by atoms with Crippen molar-refractivity contribution in [1.29, 1.82) is 0 Å². The summed E-state index contributed by atoms with van der Waals surface area (Å²) in [6, 6.07) is 9.44. The molecule has 0 aliphatic heterocycles. The summed E-state index contributed by atoms with van der Waals surface area (Å²) in [6.45, 7) is 0. The number of para-hydroxylation sites is 1. The van der Waals surface area contributed by atoms with Crippen molar-refractivity contribution in [3.05, 3.63) is 36.7 Å². The van der Waals surface area contributed by atoms with Crippen molar-refractivity contribution >= 4 is 11.7 Å². The minimum Gasteiger partial charge on any atom is -0.496 e. The fourth-order valence-corrected chi connectivity index (χ4v) is 2.85. The summed E-state index contributed by atoms with van der Waals surface area (Å²) in [5, 5.41) is 2.90. The van der Waals surface area contributed by atoms with Crippen LogP contribution in [0.4, 0.5) is 5.82 Å². The van der Waals surface area contributed by atoms with Gasteiger partial charge in [-0.3, -0.25) is 4.79 Å². The first kappa shape index (κ1) is 14.5. The van der Waals surface area contributed by atoms with Crippen molar-refractivity contribution in [3.8, 4) is 17.0 Å². The van der Waals surface area contributed by atoms with E-state index in [2.05, 4.69) is 15.3 Å². The summed E-state index contributed by atoms with van der Waals surface area (Å²) in [5.74, 6) is 1.45. The van der Waals surface area contributed by atoms with Crippen LogP contribution in [-0.4, -0.2) is 23.0 Å². The van der Waals surface area contributed by atoms with Gasteiger partial charge in [0.2, 0.25) is 5.91 Å². The van der Waals surface area contributed by atoms with Crippen LogP contribution in [0.25, 0.3) is 11.3 Å². The summed E-state index contributed by atoms with van der Waals surface area (Å²) >= 11 is 0. The van der Waals surface area contributed by atoms with Gasteiger partial charge in [-0.25, -0.2) is 9.97 Å². The Labute approximate surface area is 129 Å². The first-order valence-electron chi connectivity index (χ1n) is 7.54. The third-order valence-corrected chi connectivity index (χ3v) is 4.03. The Hall–Kier alpha value is -2.43. The molecule has 2 aromatic rings. The summed E-state index contributed by atoms with van der Waals surface area (Å²) in [5.41, 5.74) is 1.61. The predicted octanol–water partition coefficient (Wildman–Crippen LogP) is 3.28. The molecular formula is C17H19N3O2. The molecule has 0 saturated heterocycles. The third kappa shape index (κ3) is 3.08. The van der Waals surface area contributed by atoms with Crippen molar-refractivity contribution in [2.45, 2.75) is 25.7 Å². The first-order chi connectivity index (χ1) is 10.8. The van der Waals surface area contributed by atoms with Gasteiger partial charge in [-0.1, -0.05) is 25.0 Å². The van der Waals surface area contributed by atoms with E-state index in [4.69, 9.17) is 4.74 Å². The highest BCUT2D eigenvalue weighted by Crippen LogP contribution is 2.29. The zero-order valence-electron chi connectivity index (χ0n) is 12.6. The molecule has 3 rings (SSSR count). The summed E-state index contributed by atoms with van der Waals surface area (Å²) in [6.07, 6.45) is 5.67. The molecule has 1 amide bonds. The number of carbonyl (C=O) groups is 1. The van der Waals surface area contributed by atoms with Gasteiger partial charge in [0, 0.05) is 17.5 Å². The molecule has 1 heterocycles. The average molecular weight is 297 g/mol. The maximum atomic E-state index is 12.2. The second-order valence-corrected chi connectivity index (χ2v) is 5.46. The molecule has 0 bridgehead atoms. The molecule has 1 aliphatic rings. The second kappa shape index (κ2) is 6.56. The lowest BCUT2D eigenvalue weighted by molar-refractivity contribution is -0.119. The highest BCUT2D eigenvalue weighted by atomic mass is 16.5. The van der Waals surface area contributed by atoms with E-state index >= 15 is 0 Å². The average Bonchev–Trinajstić information content (AvgIpc) is 3.10. The molecule has 1 fully saturated rings. The summed E-state index contributed by atoms with van der Waals surface area (Å²) < 4.78 is 5.35. The van der Waals surface area contributed by atoms with Crippen LogP contribution in [0.3, 0.4) is 0 Å². The fraction of sp³-hybridized carbons (Fsp3) is 0.353.